The van der Waals surface area contributed by atoms with Crippen molar-refractivity contribution in [2.24, 2.45) is 0 Å². The van der Waals surface area contributed by atoms with Crippen LogP contribution in [0.25, 0.3) is 22.4 Å². The van der Waals surface area contributed by atoms with Crippen molar-refractivity contribution in [3.05, 3.63) is 60.2 Å². The highest BCUT2D eigenvalue weighted by Gasteiger charge is 2.17. The number of rotatable bonds is 6. The minimum atomic E-state index is -0.248. The lowest BCUT2D eigenvalue weighted by Crippen LogP contribution is -2.32. The molecule has 0 spiro atoms. The number of fused-ring (bicyclic) bond motifs is 1. The molecule has 0 atom stereocenters. The van der Waals surface area contributed by atoms with Crippen LogP contribution in [0.3, 0.4) is 0 Å². The second-order valence-corrected chi connectivity index (χ2v) is 7.74. The van der Waals surface area contributed by atoms with E-state index in [9.17, 15) is 4.39 Å². The molecule has 4 aromatic rings. The minimum Gasteiger partial charge on any atom is -0.301 e. The smallest absolute Gasteiger partial charge is 0.158 e. The van der Waals surface area contributed by atoms with Crippen molar-refractivity contribution < 1.29 is 4.39 Å². The molecule has 1 saturated heterocycles. The molecule has 0 aliphatic carbocycles. The minimum absolute atomic E-state index is 0.248. The Labute approximate surface area is 174 Å². The Bertz CT molecular complexity index is 1140. The molecule has 1 aliphatic heterocycles. The third kappa shape index (κ3) is 3.82. The van der Waals surface area contributed by atoms with E-state index in [0.717, 1.165) is 37.3 Å². The van der Waals surface area contributed by atoms with Crippen molar-refractivity contribution in [3.63, 3.8) is 0 Å². The van der Waals surface area contributed by atoms with Crippen LogP contribution in [0.2, 0.25) is 0 Å². The van der Waals surface area contributed by atoms with Crippen molar-refractivity contribution in [1.29, 1.82) is 0 Å². The standard InChI is InChI=1S/C22H24FN7/c23-19-9-3-2-7-17(19)15-30-22-18(8-6-10-24-22)21(26-30)20-16-29(27-25-20)14-13-28-11-4-1-5-12-28/h2-3,6-10,16H,1,4-5,11-15H2. The monoisotopic (exact) mass is 405 g/mol. The highest BCUT2D eigenvalue weighted by molar-refractivity contribution is 5.89. The van der Waals surface area contributed by atoms with E-state index in [0.29, 0.717) is 23.4 Å². The number of piperidine rings is 1. The van der Waals surface area contributed by atoms with E-state index >= 15 is 0 Å². The summed E-state index contributed by atoms with van der Waals surface area (Å²) in [5.74, 6) is -0.248. The molecule has 0 radical (unpaired) electrons. The molecule has 5 rings (SSSR count). The quantitative estimate of drug-likeness (QED) is 0.492. The van der Waals surface area contributed by atoms with E-state index in [1.807, 2.05) is 29.1 Å². The number of aromatic nitrogens is 6. The van der Waals surface area contributed by atoms with Gasteiger partial charge in [-0.3, -0.25) is 4.68 Å². The Kier molecular flexibility index (Phi) is 5.23. The number of hydrogen-bond donors (Lipinski definition) is 0. The maximum absolute atomic E-state index is 14.2. The number of halogens is 1. The summed E-state index contributed by atoms with van der Waals surface area (Å²) in [7, 11) is 0. The maximum atomic E-state index is 14.2. The third-order valence-corrected chi connectivity index (χ3v) is 5.66. The molecule has 1 aromatic carbocycles. The van der Waals surface area contributed by atoms with Crippen LogP contribution in [0.4, 0.5) is 4.39 Å². The summed E-state index contributed by atoms with van der Waals surface area (Å²) in [4.78, 5) is 6.95. The molecule has 0 amide bonds. The molecule has 4 heterocycles. The highest BCUT2D eigenvalue weighted by Crippen LogP contribution is 2.26. The molecule has 0 saturated carbocycles. The van der Waals surface area contributed by atoms with Crippen LogP contribution in [0, 0.1) is 5.82 Å². The number of benzene rings is 1. The van der Waals surface area contributed by atoms with E-state index in [1.54, 1.807) is 23.0 Å². The van der Waals surface area contributed by atoms with Crippen LogP contribution in [0.15, 0.2) is 48.8 Å². The average Bonchev–Trinajstić information content (AvgIpc) is 3.40. The van der Waals surface area contributed by atoms with Gasteiger partial charge in [-0.25, -0.2) is 14.1 Å². The van der Waals surface area contributed by atoms with Gasteiger partial charge in [0, 0.05) is 23.7 Å². The third-order valence-electron chi connectivity index (χ3n) is 5.66. The van der Waals surface area contributed by atoms with Crippen LogP contribution in [0.5, 0.6) is 0 Å². The van der Waals surface area contributed by atoms with Gasteiger partial charge in [0.2, 0.25) is 0 Å². The van der Waals surface area contributed by atoms with Gasteiger partial charge in [0.1, 0.15) is 17.2 Å². The van der Waals surface area contributed by atoms with Crippen LogP contribution >= 0.6 is 0 Å². The second-order valence-electron chi connectivity index (χ2n) is 7.74. The fourth-order valence-corrected chi connectivity index (χ4v) is 4.04. The first-order valence-corrected chi connectivity index (χ1v) is 10.5. The molecule has 3 aromatic heterocycles. The summed E-state index contributed by atoms with van der Waals surface area (Å²) in [5, 5.41) is 14.3. The first kappa shape index (κ1) is 18.9. The Morgan fingerprint density at radius 1 is 0.967 bits per heavy atom. The van der Waals surface area contributed by atoms with E-state index in [1.165, 1.54) is 25.3 Å². The van der Waals surface area contributed by atoms with Crippen LogP contribution in [-0.2, 0) is 13.1 Å². The summed E-state index contributed by atoms with van der Waals surface area (Å²) in [5.41, 5.74) is 2.71. The first-order chi connectivity index (χ1) is 14.8. The Morgan fingerprint density at radius 2 is 1.83 bits per heavy atom. The number of nitrogens with zero attached hydrogens (tertiary/aromatic N) is 7. The van der Waals surface area contributed by atoms with Gasteiger partial charge >= 0.3 is 0 Å². The number of likely N-dealkylation sites (tertiary alicyclic amines) is 1. The van der Waals surface area contributed by atoms with E-state index in [-0.39, 0.29) is 5.82 Å². The first-order valence-electron chi connectivity index (χ1n) is 10.5. The fourth-order valence-electron chi connectivity index (χ4n) is 4.04. The molecular weight excluding hydrogens is 381 g/mol. The summed E-state index contributed by atoms with van der Waals surface area (Å²) < 4.78 is 17.8. The molecule has 1 fully saturated rings. The lowest BCUT2D eigenvalue weighted by molar-refractivity contribution is 0.217. The number of pyridine rings is 1. The molecule has 30 heavy (non-hydrogen) atoms. The van der Waals surface area contributed by atoms with Gasteiger partial charge in [-0.15, -0.1) is 5.10 Å². The van der Waals surface area contributed by atoms with Crippen molar-refractivity contribution >= 4 is 11.0 Å². The Morgan fingerprint density at radius 3 is 2.70 bits per heavy atom. The molecular formula is C22H24FN7. The second kappa shape index (κ2) is 8.31. The lowest BCUT2D eigenvalue weighted by Gasteiger charge is -2.25. The molecule has 154 valence electrons. The Balaban J connectivity index is 1.41. The van der Waals surface area contributed by atoms with Crippen LogP contribution < -0.4 is 0 Å². The van der Waals surface area contributed by atoms with Crippen molar-refractivity contribution in [2.45, 2.75) is 32.4 Å². The van der Waals surface area contributed by atoms with Gasteiger partial charge in [-0.2, -0.15) is 5.10 Å². The zero-order valence-corrected chi connectivity index (χ0v) is 16.8. The van der Waals surface area contributed by atoms with E-state index in [2.05, 4.69) is 20.2 Å². The van der Waals surface area contributed by atoms with Gasteiger partial charge in [0.25, 0.3) is 0 Å². The lowest BCUT2D eigenvalue weighted by atomic mass is 10.1. The van der Waals surface area contributed by atoms with Gasteiger partial charge in [-0.05, 0) is 44.1 Å². The van der Waals surface area contributed by atoms with Crippen molar-refractivity contribution in [1.82, 2.24) is 34.7 Å². The predicted octanol–water partition coefficient (Wildman–Crippen LogP) is 3.36. The normalized spacial score (nSPS) is 15.1. The Hall–Kier alpha value is -3.13. The van der Waals surface area contributed by atoms with Gasteiger partial charge in [0.05, 0.1) is 19.3 Å². The van der Waals surface area contributed by atoms with Crippen molar-refractivity contribution in [3.8, 4) is 11.4 Å². The van der Waals surface area contributed by atoms with Crippen LogP contribution in [-0.4, -0.2) is 54.3 Å². The maximum Gasteiger partial charge on any atom is 0.158 e. The predicted molar refractivity (Wildman–Crippen MR) is 112 cm³/mol. The summed E-state index contributed by atoms with van der Waals surface area (Å²) in [6.45, 7) is 4.42. The van der Waals surface area contributed by atoms with E-state index < -0.39 is 0 Å². The number of hydrogen-bond acceptors (Lipinski definition) is 5. The molecule has 1 aliphatic rings. The summed E-state index contributed by atoms with van der Waals surface area (Å²) in [6, 6.07) is 10.6. The van der Waals surface area contributed by atoms with Crippen molar-refractivity contribution in [2.75, 3.05) is 19.6 Å². The average molecular weight is 405 g/mol. The van der Waals surface area contributed by atoms with Crippen LogP contribution in [0.1, 0.15) is 24.8 Å². The zero-order chi connectivity index (χ0) is 20.3. The van der Waals surface area contributed by atoms with E-state index in [4.69, 9.17) is 5.10 Å². The summed E-state index contributed by atoms with van der Waals surface area (Å²) in [6.07, 6.45) is 7.55. The molecule has 8 heteroatoms. The molecule has 0 bridgehead atoms. The van der Waals surface area contributed by atoms with Gasteiger partial charge < -0.3 is 4.90 Å². The summed E-state index contributed by atoms with van der Waals surface area (Å²) >= 11 is 0. The SMILES string of the molecule is Fc1ccccc1Cn1nc(-c2cn(CCN3CCCCC3)nn2)c2cccnc21. The zero-order valence-electron chi connectivity index (χ0n) is 16.8. The molecule has 0 unspecified atom stereocenters. The highest BCUT2D eigenvalue weighted by atomic mass is 19.1. The topological polar surface area (TPSA) is 64.7 Å². The van der Waals surface area contributed by atoms with Gasteiger partial charge in [0.15, 0.2) is 5.65 Å². The molecule has 7 nitrogen and oxygen atoms in total. The largest absolute Gasteiger partial charge is 0.301 e. The van der Waals surface area contributed by atoms with Gasteiger partial charge in [-0.1, -0.05) is 29.8 Å². The molecule has 0 N–H and O–H groups in total. The fraction of sp³-hybridized carbons (Fsp3) is 0.364.